The Labute approximate surface area is 208 Å². The van der Waals surface area contributed by atoms with Crippen LogP contribution in [0.2, 0.25) is 0 Å². The number of carboxylic acids is 1. The SMILES string of the molecule is CC(O)C(NC(=O)C(CC(N)=O)NC(=O)C(N)CCCN=C(N)N)C(=O)NC(CCCCN)C(=O)O. The molecule has 0 aliphatic heterocycles. The van der Waals surface area contributed by atoms with Gasteiger partial charge in [-0.05, 0) is 45.6 Å². The quantitative estimate of drug-likeness (QED) is 0.0467. The third-order valence-electron chi connectivity index (χ3n) is 4.97. The van der Waals surface area contributed by atoms with Gasteiger partial charge in [-0.15, -0.1) is 0 Å². The van der Waals surface area contributed by atoms with Crippen molar-refractivity contribution in [1.29, 1.82) is 0 Å². The minimum atomic E-state index is -1.59. The molecule has 0 aliphatic carbocycles. The molecule has 4 amide bonds. The number of aliphatic imine (C=N–C) groups is 1. The van der Waals surface area contributed by atoms with E-state index in [1.54, 1.807) is 0 Å². The van der Waals surface area contributed by atoms with Gasteiger partial charge >= 0.3 is 5.97 Å². The molecule has 0 rings (SSSR count). The summed E-state index contributed by atoms with van der Waals surface area (Å²) in [5.41, 5.74) is 26.8. The normalized spacial score (nSPS) is 14.9. The summed E-state index contributed by atoms with van der Waals surface area (Å²) in [4.78, 5) is 64.5. The second kappa shape index (κ2) is 17.0. The average Bonchev–Trinajstić information content (AvgIpc) is 2.77. The lowest BCUT2D eigenvalue weighted by Crippen LogP contribution is -2.60. The number of hydrogen-bond acceptors (Lipinski definition) is 9. The van der Waals surface area contributed by atoms with Crippen molar-refractivity contribution >= 4 is 35.6 Å². The number of aliphatic carboxylic acids is 1. The Balaban J connectivity index is 5.30. The summed E-state index contributed by atoms with van der Waals surface area (Å²) in [7, 11) is 0. The molecule has 0 aromatic carbocycles. The van der Waals surface area contributed by atoms with Crippen LogP contribution >= 0.6 is 0 Å². The van der Waals surface area contributed by atoms with Crippen molar-refractivity contribution in [3.05, 3.63) is 0 Å². The zero-order chi connectivity index (χ0) is 27.8. The second-order valence-electron chi connectivity index (χ2n) is 8.20. The van der Waals surface area contributed by atoms with E-state index in [-0.39, 0.29) is 25.3 Å². The Morgan fingerprint density at radius 1 is 0.861 bits per heavy atom. The molecular weight excluding hydrogens is 478 g/mol. The molecule has 0 saturated heterocycles. The first-order chi connectivity index (χ1) is 16.8. The molecular formula is C20H39N9O7. The Morgan fingerprint density at radius 3 is 1.97 bits per heavy atom. The number of nitrogens with one attached hydrogen (secondary N) is 3. The molecule has 36 heavy (non-hydrogen) atoms. The lowest BCUT2D eigenvalue weighted by Gasteiger charge is -2.26. The average molecular weight is 518 g/mol. The van der Waals surface area contributed by atoms with Crippen LogP contribution in [0, 0.1) is 0 Å². The predicted octanol–water partition coefficient (Wildman–Crippen LogP) is -4.71. The summed E-state index contributed by atoms with van der Waals surface area (Å²) >= 11 is 0. The molecule has 0 spiro atoms. The first-order valence-electron chi connectivity index (χ1n) is 11.4. The van der Waals surface area contributed by atoms with Crippen molar-refractivity contribution in [2.24, 2.45) is 33.7 Å². The van der Waals surface area contributed by atoms with E-state index < -0.39 is 66.3 Å². The van der Waals surface area contributed by atoms with Crippen LogP contribution in [0.5, 0.6) is 0 Å². The zero-order valence-corrected chi connectivity index (χ0v) is 20.3. The first kappa shape index (κ1) is 32.5. The van der Waals surface area contributed by atoms with Gasteiger partial charge < -0.3 is 54.8 Å². The van der Waals surface area contributed by atoms with Crippen molar-refractivity contribution in [2.75, 3.05) is 13.1 Å². The number of carboxylic acid groups (broad SMARTS) is 1. The highest BCUT2D eigenvalue weighted by atomic mass is 16.4. The molecule has 15 N–H and O–H groups in total. The lowest BCUT2D eigenvalue weighted by molar-refractivity contribution is -0.143. The van der Waals surface area contributed by atoms with Gasteiger partial charge in [0.15, 0.2) is 5.96 Å². The van der Waals surface area contributed by atoms with E-state index in [4.69, 9.17) is 28.7 Å². The number of rotatable bonds is 18. The van der Waals surface area contributed by atoms with Gasteiger partial charge in [0.05, 0.1) is 18.6 Å². The van der Waals surface area contributed by atoms with E-state index in [2.05, 4.69) is 20.9 Å². The molecule has 0 aliphatic rings. The first-order valence-corrected chi connectivity index (χ1v) is 11.4. The molecule has 0 aromatic heterocycles. The molecule has 0 fully saturated rings. The molecule has 0 saturated carbocycles. The second-order valence-corrected chi connectivity index (χ2v) is 8.20. The summed E-state index contributed by atoms with van der Waals surface area (Å²) in [5.74, 6) is -5.10. The number of unbranched alkanes of at least 4 members (excludes halogenated alkanes) is 1. The van der Waals surface area contributed by atoms with E-state index in [9.17, 15) is 34.2 Å². The maximum atomic E-state index is 12.8. The number of primary amides is 1. The Morgan fingerprint density at radius 2 is 1.47 bits per heavy atom. The summed E-state index contributed by atoms with van der Waals surface area (Å²) < 4.78 is 0. The molecule has 0 radical (unpaired) electrons. The Kier molecular flexibility index (Phi) is 15.4. The molecule has 0 aromatic rings. The molecule has 16 heteroatoms. The van der Waals surface area contributed by atoms with E-state index in [1.807, 2.05) is 0 Å². The molecule has 206 valence electrons. The van der Waals surface area contributed by atoms with Crippen molar-refractivity contribution in [1.82, 2.24) is 16.0 Å². The van der Waals surface area contributed by atoms with Gasteiger partial charge in [0.25, 0.3) is 0 Å². The van der Waals surface area contributed by atoms with Crippen LogP contribution in [-0.2, 0) is 24.0 Å². The Bertz CT molecular complexity index is 787. The minimum absolute atomic E-state index is 0.0835. The highest BCUT2D eigenvalue weighted by molar-refractivity contribution is 5.96. The van der Waals surface area contributed by atoms with Crippen molar-refractivity contribution < 1.29 is 34.2 Å². The summed E-state index contributed by atoms with van der Waals surface area (Å²) in [6.07, 6.45) is -0.495. The number of aliphatic hydroxyl groups excluding tert-OH is 1. The van der Waals surface area contributed by atoms with Gasteiger partial charge in [-0.1, -0.05) is 0 Å². The van der Waals surface area contributed by atoms with Crippen LogP contribution in [-0.4, -0.2) is 89.1 Å². The van der Waals surface area contributed by atoms with Gasteiger partial charge in [0, 0.05) is 6.54 Å². The van der Waals surface area contributed by atoms with E-state index in [0.717, 1.165) is 0 Å². The molecule has 5 unspecified atom stereocenters. The number of guanidine groups is 1. The van der Waals surface area contributed by atoms with Crippen molar-refractivity contribution in [2.45, 2.75) is 75.7 Å². The monoisotopic (exact) mass is 517 g/mol. The highest BCUT2D eigenvalue weighted by Gasteiger charge is 2.33. The maximum Gasteiger partial charge on any atom is 0.326 e. The van der Waals surface area contributed by atoms with Gasteiger partial charge in [-0.2, -0.15) is 0 Å². The zero-order valence-electron chi connectivity index (χ0n) is 20.3. The van der Waals surface area contributed by atoms with Gasteiger partial charge in [0.1, 0.15) is 18.1 Å². The summed E-state index contributed by atoms with van der Waals surface area (Å²) in [6, 6.07) is -5.44. The predicted molar refractivity (Wildman–Crippen MR) is 130 cm³/mol. The van der Waals surface area contributed by atoms with Crippen LogP contribution in [0.1, 0.15) is 45.4 Å². The number of carbonyl (C=O) groups excluding carboxylic acids is 4. The largest absolute Gasteiger partial charge is 0.480 e. The number of nitrogens with zero attached hydrogens (tertiary/aromatic N) is 1. The van der Waals surface area contributed by atoms with Gasteiger partial charge in [-0.3, -0.25) is 24.2 Å². The van der Waals surface area contributed by atoms with Gasteiger partial charge in [0.2, 0.25) is 23.6 Å². The van der Waals surface area contributed by atoms with Crippen LogP contribution in [0.4, 0.5) is 0 Å². The van der Waals surface area contributed by atoms with Crippen LogP contribution < -0.4 is 44.6 Å². The van der Waals surface area contributed by atoms with Crippen LogP contribution in [0.3, 0.4) is 0 Å². The third kappa shape index (κ3) is 13.4. The summed E-state index contributed by atoms with van der Waals surface area (Å²) in [5, 5.41) is 26.1. The number of nitrogens with two attached hydrogens (primary N) is 5. The van der Waals surface area contributed by atoms with E-state index >= 15 is 0 Å². The summed E-state index contributed by atoms with van der Waals surface area (Å²) in [6.45, 7) is 1.77. The van der Waals surface area contributed by atoms with Gasteiger partial charge in [-0.25, -0.2) is 4.79 Å². The fourth-order valence-corrected chi connectivity index (χ4v) is 3.01. The molecule has 0 heterocycles. The van der Waals surface area contributed by atoms with Crippen LogP contribution in [0.25, 0.3) is 0 Å². The number of aliphatic hydroxyl groups is 1. The van der Waals surface area contributed by atoms with Crippen LogP contribution in [0.15, 0.2) is 4.99 Å². The lowest BCUT2D eigenvalue weighted by atomic mass is 10.1. The standard InChI is InChI=1S/C20H39N9O7/c1-10(30)15(18(34)27-12(19(35)36)6-2-3-7-21)29-17(33)13(9-14(23)31)28-16(32)11(22)5-4-8-26-20(24)25/h10-13,15,30H,2-9,21-22H2,1H3,(H2,23,31)(H,27,34)(H,28,32)(H,29,33)(H,35,36)(H4,24,25,26). The fraction of sp³-hybridized carbons (Fsp3) is 0.700. The Hall–Kier alpha value is -3.50. The molecule has 0 bridgehead atoms. The van der Waals surface area contributed by atoms with E-state index in [0.29, 0.717) is 25.8 Å². The minimum Gasteiger partial charge on any atom is -0.480 e. The molecule has 5 atom stereocenters. The topological polar surface area (TPSA) is 304 Å². The maximum absolute atomic E-state index is 12.8. The third-order valence-corrected chi connectivity index (χ3v) is 4.97. The highest BCUT2D eigenvalue weighted by Crippen LogP contribution is 2.04. The number of carbonyl (C=O) groups is 5. The fourth-order valence-electron chi connectivity index (χ4n) is 3.01. The van der Waals surface area contributed by atoms with E-state index in [1.165, 1.54) is 6.92 Å². The van der Waals surface area contributed by atoms with Crippen molar-refractivity contribution in [3.8, 4) is 0 Å². The smallest absolute Gasteiger partial charge is 0.326 e. The molecule has 16 nitrogen and oxygen atoms in total. The number of hydrogen-bond donors (Lipinski definition) is 10. The number of amides is 4. The van der Waals surface area contributed by atoms with Crippen molar-refractivity contribution in [3.63, 3.8) is 0 Å².